The number of terminal acetylenes is 2. The van der Waals surface area contributed by atoms with Gasteiger partial charge < -0.3 is 14.9 Å². The highest BCUT2D eigenvalue weighted by Crippen LogP contribution is 2.31. The van der Waals surface area contributed by atoms with E-state index in [1.165, 1.54) is 0 Å². The number of benzene rings is 4. The maximum atomic E-state index is 11.2. The summed E-state index contributed by atoms with van der Waals surface area (Å²) in [6, 6.07) is 29.6. The second-order valence-corrected chi connectivity index (χ2v) is 8.88. The smallest absolute Gasteiger partial charge is 0.176 e. The van der Waals surface area contributed by atoms with Crippen LogP contribution in [0.4, 0.5) is 0 Å². The molecule has 0 radical (unpaired) electrons. The van der Waals surface area contributed by atoms with Crippen molar-refractivity contribution in [1.82, 2.24) is 0 Å². The highest BCUT2D eigenvalue weighted by molar-refractivity contribution is 5.70. The lowest BCUT2D eigenvalue weighted by Crippen LogP contribution is -2.25. The summed E-state index contributed by atoms with van der Waals surface area (Å²) in [7, 11) is 1.59. The molecule has 0 aliphatic carbocycles. The van der Waals surface area contributed by atoms with Gasteiger partial charge in [0.25, 0.3) is 0 Å². The molecule has 0 saturated heterocycles. The van der Waals surface area contributed by atoms with E-state index >= 15 is 0 Å². The second kappa shape index (κ2) is 10.6. The summed E-state index contributed by atoms with van der Waals surface area (Å²) in [5, 5.41) is 22.4. The zero-order valence-electron chi connectivity index (χ0n) is 20.8. The normalized spacial score (nSPS) is 14.2. The van der Waals surface area contributed by atoms with Crippen molar-refractivity contribution in [2.24, 2.45) is 0 Å². The molecule has 37 heavy (non-hydrogen) atoms. The molecule has 2 N–H and O–H groups in total. The Morgan fingerprint density at radius 1 is 0.595 bits per heavy atom. The van der Waals surface area contributed by atoms with Gasteiger partial charge in [-0.25, -0.2) is 0 Å². The van der Waals surface area contributed by atoms with Crippen molar-refractivity contribution in [3.8, 4) is 30.4 Å². The Kier molecular flexibility index (Phi) is 7.32. The van der Waals surface area contributed by atoms with Gasteiger partial charge in [-0.2, -0.15) is 0 Å². The van der Waals surface area contributed by atoms with Crippen LogP contribution in [0.25, 0.3) is 12.2 Å². The third kappa shape index (κ3) is 5.20. The molecular weight excluding hydrogens is 456 g/mol. The molecule has 0 fully saturated rings. The van der Waals surface area contributed by atoms with Crippen LogP contribution in [0.1, 0.15) is 38.9 Å². The molecule has 2 unspecified atom stereocenters. The largest absolute Gasteiger partial charge is 0.497 e. The Labute approximate surface area is 218 Å². The summed E-state index contributed by atoms with van der Waals surface area (Å²) in [6.45, 7) is 1.99. The molecule has 4 rings (SSSR count). The lowest BCUT2D eigenvalue weighted by molar-refractivity contribution is 0.145. The molecule has 0 aliphatic rings. The van der Waals surface area contributed by atoms with Crippen LogP contribution < -0.4 is 4.74 Å². The van der Waals surface area contributed by atoms with Gasteiger partial charge in [0.15, 0.2) is 11.2 Å². The first kappa shape index (κ1) is 25.5. The van der Waals surface area contributed by atoms with Crippen LogP contribution in [-0.2, 0) is 11.2 Å². The van der Waals surface area contributed by atoms with Crippen molar-refractivity contribution >= 4 is 12.2 Å². The highest BCUT2D eigenvalue weighted by Gasteiger charge is 2.30. The second-order valence-electron chi connectivity index (χ2n) is 8.88. The van der Waals surface area contributed by atoms with Gasteiger partial charge in [0.2, 0.25) is 0 Å². The van der Waals surface area contributed by atoms with E-state index in [0.29, 0.717) is 28.0 Å². The summed E-state index contributed by atoms with van der Waals surface area (Å²) in [5.74, 6) is 5.76. The summed E-state index contributed by atoms with van der Waals surface area (Å²) in [6.07, 6.45) is 15.4. The van der Waals surface area contributed by atoms with Crippen LogP contribution in [0, 0.1) is 31.6 Å². The van der Waals surface area contributed by atoms with Crippen LogP contribution in [-0.4, -0.2) is 17.3 Å². The Hall–Kier alpha value is -4.54. The van der Waals surface area contributed by atoms with E-state index in [0.717, 1.165) is 16.7 Å². The first-order valence-electron chi connectivity index (χ1n) is 11.8. The van der Waals surface area contributed by atoms with E-state index < -0.39 is 11.2 Å². The van der Waals surface area contributed by atoms with Crippen LogP contribution in [0.5, 0.6) is 5.75 Å². The number of aryl methyl sites for hydroxylation is 1. The van der Waals surface area contributed by atoms with Gasteiger partial charge in [-0.1, -0.05) is 114 Å². The highest BCUT2D eigenvalue weighted by atomic mass is 16.5. The summed E-state index contributed by atoms with van der Waals surface area (Å²) in [4.78, 5) is 0. The summed E-state index contributed by atoms with van der Waals surface area (Å²) in [5.41, 5.74) is 2.44. The van der Waals surface area contributed by atoms with E-state index in [1.807, 2.05) is 91.9 Å². The Morgan fingerprint density at radius 2 is 0.919 bits per heavy atom. The summed E-state index contributed by atoms with van der Waals surface area (Å²) < 4.78 is 5.19. The van der Waals surface area contributed by atoms with Crippen LogP contribution in [0.2, 0.25) is 0 Å². The van der Waals surface area contributed by atoms with Crippen LogP contribution >= 0.6 is 0 Å². The van der Waals surface area contributed by atoms with E-state index in [2.05, 4.69) is 11.8 Å². The van der Waals surface area contributed by atoms with Crippen molar-refractivity contribution in [1.29, 1.82) is 0 Å². The monoisotopic (exact) mass is 484 g/mol. The van der Waals surface area contributed by atoms with Gasteiger partial charge in [0.05, 0.1) is 7.11 Å². The lowest BCUT2D eigenvalue weighted by Gasteiger charge is -2.24. The van der Waals surface area contributed by atoms with E-state index in [-0.39, 0.29) is 0 Å². The molecule has 0 aromatic heterocycles. The molecule has 0 saturated carbocycles. The van der Waals surface area contributed by atoms with Gasteiger partial charge in [0, 0.05) is 22.3 Å². The maximum Gasteiger partial charge on any atom is 0.176 e. The van der Waals surface area contributed by atoms with Crippen molar-refractivity contribution in [2.45, 2.75) is 18.1 Å². The first-order chi connectivity index (χ1) is 17.8. The van der Waals surface area contributed by atoms with Crippen molar-refractivity contribution < 1.29 is 14.9 Å². The minimum atomic E-state index is -1.55. The fraction of sp³-hybridized carbons (Fsp3) is 0.118. The molecule has 2 atom stereocenters. The minimum absolute atomic E-state index is 0.594. The molecule has 0 amide bonds. The fourth-order valence-electron chi connectivity index (χ4n) is 4.16. The molecule has 0 heterocycles. The fourth-order valence-corrected chi connectivity index (χ4v) is 4.16. The molecule has 4 aromatic carbocycles. The van der Waals surface area contributed by atoms with Gasteiger partial charge in [0.1, 0.15) is 5.75 Å². The summed E-state index contributed by atoms with van der Waals surface area (Å²) >= 11 is 0. The van der Waals surface area contributed by atoms with Gasteiger partial charge in [-0.3, -0.25) is 0 Å². The van der Waals surface area contributed by atoms with Crippen molar-refractivity contribution in [2.75, 3.05) is 7.11 Å². The molecule has 0 aliphatic heterocycles. The van der Waals surface area contributed by atoms with Gasteiger partial charge in [-0.05, 0) is 30.2 Å². The quantitative estimate of drug-likeness (QED) is 0.253. The van der Waals surface area contributed by atoms with Crippen molar-refractivity contribution in [3.05, 3.63) is 136 Å². The number of rotatable bonds is 7. The topological polar surface area (TPSA) is 49.7 Å². The van der Waals surface area contributed by atoms with E-state index in [4.69, 9.17) is 17.6 Å². The van der Waals surface area contributed by atoms with Gasteiger partial charge >= 0.3 is 0 Å². The maximum absolute atomic E-state index is 11.2. The molecule has 0 spiro atoms. The minimum Gasteiger partial charge on any atom is -0.497 e. The van der Waals surface area contributed by atoms with E-state index in [1.54, 1.807) is 31.4 Å². The zero-order valence-corrected chi connectivity index (χ0v) is 20.8. The van der Waals surface area contributed by atoms with Crippen LogP contribution in [0.3, 0.4) is 0 Å². The van der Waals surface area contributed by atoms with Crippen LogP contribution in [0.15, 0.2) is 97.1 Å². The molecule has 182 valence electrons. The molecule has 3 nitrogen and oxygen atoms in total. The lowest BCUT2D eigenvalue weighted by atomic mass is 9.86. The predicted octanol–water partition coefficient (Wildman–Crippen LogP) is 5.91. The van der Waals surface area contributed by atoms with Crippen molar-refractivity contribution in [3.63, 3.8) is 0 Å². The molecular formula is C34H28O3. The average Bonchev–Trinajstić information content (AvgIpc) is 2.96. The molecule has 4 aromatic rings. The first-order valence-corrected chi connectivity index (χ1v) is 11.8. The molecule has 3 heteroatoms. The Balaban J connectivity index is 1.51. The number of methoxy groups -OCH3 is 1. The number of aliphatic hydroxyl groups is 2. The predicted molar refractivity (Wildman–Crippen MR) is 150 cm³/mol. The number of hydrogen-bond donors (Lipinski definition) is 2. The number of hydrogen-bond acceptors (Lipinski definition) is 3. The standard InChI is InChI=1S/C34H28O3/c1-5-33(35,28-15-7-25(3)8-16-28)29-17-11-26(12-18-29)9-10-27-13-19-30(20-14-27)34(36,6-2)31-21-23-32(37-4)24-22-31/h1-2,7-24,35-36H,3-4H3/b10-9+. The third-order valence-electron chi connectivity index (χ3n) is 6.52. The third-order valence-corrected chi connectivity index (χ3v) is 6.52. The Bertz CT molecular complexity index is 1470. The molecule has 0 bridgehead atoms. The average molecular weight is 485 g/mol. The zero-order chi connectivity index (χ0) is 26.5. The number of ether oxygens (including phenoxy) is 1. The van der Waals surface area contributed by atoms with Gasteiger partial charge in [-0.15, -0.1) is 12.8 Å². The Morgan fingerprint density at radius 3 is 1.24 bits per heavy atom. The van der Waals surface area contributed by atoms with E-state index in [9.17, 15) is 10.2 Å². The SMILES string of the molecule is C#CC(O)(c1ccc(C)cc1)c1ccc(/C=C/c2ccc(C(O)(C#C)c3ccc(OC)cc3)cc2)cc1.